The maximum atomic E-state index is 12.8. The van der Waals surface area contributed by atoms with Crippen molar-refractivity contribution in [2.75, 3.05) is 20.6 Å². The van der Waals surface area contributed by atoms with E-state index in [1.165, 1.54) is 6.21 Å². The van der Waals surface area contributed by atoms with Crippen molar-refractivity contribution < 1.29 is 9.59 Å². The maximum absolute atomic E-state index is 12.8. The Kier molecular flexibility index (Phi) is 6.36. The fraction of sp³-hybridized carbons (Fsp3) is 0.600. The van der Waals surface area contributed by atoms with Crippen LogP contribution in [0.4, 0.5) is 0 Å². The lowest BCUT2D eigenvalue weighted by molar-refractivity contribution is -0.124. The van der Waals surface area contributed by atoms with E-state index in [1.54, 1.807) is 7.05 Å². The SMILES string of the molecule is CNC(=O)C(C=NC(=O)c1nc(C=C(C)C)n2c1CN(C)CC2)C(C)(C)C. The first-order valence-corrected chi connectivity index (χ1v) is 9.27. The highest BCUT2D eigenvalue weighted by Crippen LogP contribution is 2.25. The van der Waals surface area contributed by atoms with Gasteiger partial charge in [0.25, 0.3) is 5.91 Å². The van der Waals surface area contributed by atoms with E-state index in [4.69, 9.17) is 0 Å². The number of fused-ring (bicyclic) bond motifs is 1. The molecule has 1 unspecified atom stereocenters. The maximum Gasteiger partial charge on any atom is 0.297 e. The summed E-state index contributed by atoms with van der Waals surface area (Å²) >= 11 is 0. The lowest BCUT2D eigenvalue weighted by atomic mass is 9.81. The number of likely N-dealkylation sites (N-methyl/N-ethyl adjacent to an activating group) is 1. The van der Waals surface area contributed by atoms with Crippen molar-refractivity contribution in [1.82, 2.24) is 19.8 Å². The highest BCUT2D eigenvalue weighted by atomic mass is 16.2. The summed E-state index contributed by atoms with van der Waals surface area (Å²) in [6.07, 6.45) is 3.44. The molecule has 27 heavy (non-hydrogen) atoms. The van der Waals surface area contributed by atoms with E-state index >= 15 is 0 Å². The molecule has 0 spiro atoms. The van der Waals surface area contributed by atoms with Gasteiger partial charge in [-0.25, -0.2) is 9.98 Å². The molecular weight excluding hydrogens is 342 g/mol. The van der Waals surface area contributed by atoms with Gasteiger partial charge in [0.1, 0.15) is 5.82 Å². The summed E-state index contributed by atoms with van der Waals surface area (Å²) in [4.78, 5) is 35.8. The molecule has 2 heterocycles. The van der Waals surface area contributed by atoms with Crippen LogP contribution in [0.5, 0.6) is 0 Å². The number of hydrogen-bond donors (Lipinski definition) is 1. The molecule has 1 atom stereocenters. The second-order valence-corrected chi connectivity index (χ2v) is 8.42. The van der Waals surface area contributed by atoms with Gasteiger partial charge in [-0.1, -0.05) is 26.3 Å². The molecule has 148 valence electrons. The third-order valence-electron chi connectivity index (χ3n) is 4.65. The predicted molar refractivity (Wildman–Crippen MR) is 108 cm³/mol. The average Bonchev–Trinajstić information content (AvgIpc) is 2.90. The van der Waals surface area contributed by atoms with Gasteiger partial charge in [0.05, 0.1) is 11.6 Å². The van der Waals surface area contributed by atoms with Crippen molar-refractivity contribution in [2.45, 2.75) is 47.7 Å². The number of imidazole rings is 1. The summed E-state index contributed by atoms with van der Waals surface area (Å²) < 4.78 is 2.09. The standard InChI is InChI=1S/C20H31N5O2/c1-13(2)10-16-23-17(15-12-24(7)8-9-25(15)16)19(27)22-11-14(18(26)21-6)20(3,4)5/h10-11,14H,8-9,12H2,1-7H3,(H,21,26). The van der Waals surface area contributed by atoms with E-state index in [0.717, 1.165) is 30.2 Å². The van der Waals surface area contributed by atoms with Crippen LogP contribution in [0.15, 0.2) is 10.6 Å². The van der Waals surface area contributed by atoms with E-state index in [0.29, 0.717) is 12.2 Å². The highest BCUT2D eigenvalue weighted by Gasteiger charge is 2.30. The minimum Gasteiger partial charge on any atom is -0.359 e. The van der Waals surface area contributed by atoms with Crippen molar-refractivity contribution in [2.24, 2.45) is 16.3 Å². The molecule has 0 radical (unpaired) electrons. The Morgan fingerprint density at radius 3 is 2.48 bits per heavy atom. The van der Waals surface area contributed by atoms with Gasteiger partial charge in [0.2, 0.25) is 5.91 Å². The van der Waals surface area contributed by atoms with Crippen LogP contribution in [0.2, 0.25) is 0 Å². The molecule has 0 aliphatic carbocycles. The van der Waals surface area contributed by atoms with Gasteiger partial charge in [0.15, 0.2) is 5.69 Å². The van der Waals surface area contributed by atoms with Crippen LogP contribution in [-0.4, -0.2) is 53.1 Å². The Morgan fingerprint density at radius 1 is 1.26 bits per heavy atom. The van der Waals surface area contributed by atoms with Crippen molar-refractivity contribution >= 4 is 24.1 Å². The Morgan fingerprint density at radius 2 is 1.93 bits per heavy atom. The van der Waals surface area contributed by atoms with Crippen LogP contribution in [-0.2, 0) is 17.9 Å². The molecular formula is C20H31N5O2. The molecule has 0 saturated carbocycles. The molecule has 2 rings (SSSR count). The van der Waals surface area contributed by atoms with Crippen molar-refractivity contribution in [1.29, 1.82) is 0 Å². The molecule has 1 aliphatic rings. The molecule has 0 aromatic carbocycles. The fourth-order valence-electron chi connectivity index (χ4n) is 3.10. The average molecular weight is 374 g/mol. The number of aromatic nitrogens is 2. The van der Waals surface area contributed by atoms with E-state index < -0.39 is 11.8 Å². The summed E-state index contributed by atoms with van der Waals surface area (Å²) in [5, 5.41) is 2.64. The van der Waals surface area contributed by atoms with Gasteiger partial charge in [0, 0.05) is 32.9 Å². The Balaban J connectivity index is 2.39. The highest BCUT2D eigenvalue weighted by molar-refractivity contribution is 6.03. The van der Waals surface area contributed by atoms with Gasteiger partial charge in [-0.15, -0.1) is 0 Å². The van der Waals surface area contributed by atoms with E-state index in [1.807, 2.05) is 47.7 Å². The van der Waals surface area contributed by atoms with Gasteiger partial charge in [-0.05, 0) is 32.4 Å². The molecule has 1 N–H and O–H groups in total. The largest absolute Gasteiger partial charge is 0.359 e. The second kappa shape index (κ2) is 8.17. The molecule has 1 aliphatic heterocycles. The first-order chi connectivity index (χ1) is 12.5. The number of carbonyl (C=O) groups is 2. The summed E-state index contributed by atoms with van der Waals surface area (Å²) in [7, 11) is 3.61. The van der Waals surface area contributed by atoms with Crippen molar-refractivity contribution in [3.63, 3.8) is 0 Å². The predicted octanol–water partition coefficient (Wildman–Crippen LogP) is 2.37. The summed E-state index contributed by atoms with van der Waals surface area (Å²) in [6, 6.07) is 0. The molecule has 2 amide bonds. The summed E-state index contributed by atoms with van der Waals surface area (Å²) in [6.45, 7) is 12.2. The van der Waals surface area contributed by atoms with Crippen LogP contribution in [0, 0.1) is 11.3 Å². The lowest BCUT2D eigenvalue weighted by Crippen LogP contribution is -2.37. The molecule has 0 bridgehead atoms. The third kappa shape index (κ3) is 4.91. The van der Waals surface area contributed by atoms with Gasteiger partial charge >= 0.3 is 0 Å². The molecule has 1 aromatic rings. The Bertz CT molecular complexity index is 779. The van der Waals surface area contributed by atoms with Crippen LogP contribution in [0.3, 0.4) is 0 Å². The second-order valence-electron chi connectivity index (χ2n) is 8.42. The molecule has 0 saturated heterocycles. The number of carbonyl (C=O) groups excluding carboxylic acids is 2. The number of hydrogen-bond acceptors (Lipinski definition) is 4. The van der Waals surface area contributed by atoms with E-state index in [-0.39, 0.29) is 11.3 Å². The Hall–Kier alpha value is -2.28. The zero-order valence-electron chi connectivity index (χ0n) is 17.5. The fourth-order valence-corrected chi connectivity index (χ4v) is 3.10. The first-order valence-electron chi connectivity index (χ1n) is 9.27. The number of rotatable bonds is 4. The van der Waals surface area contributed by atoms with Crippen LogP contribution < -0.4 is 5.32 Å². The third-order valence-corrected chi connectivity index (χ3v) is 4.65. The molecule has 7 nitrogen and oxygen atoms in total. The smallest absolute Gasteiger partial charge is 0.297 e. The van der Waals surface area contributed by atoms with Gasteiger partial charge in [-0.2, -0.15) is 0 Å². The van der Waals surface area contributed by atoms with Crippen LogP contribution in [0.25, 0.3) is 6.08 Å². The normalized spacial score (nSPS) is 16.1. The summed E-state index contributed by atoms with van der Waals surface area (Å²) in [5.41, 5.74) is 2.03. The summed E-state index contributed by atoms with van der Waals surface area (Å²) in [5.74, 6) is -0.267. The number of nitrogens with zero attached hydrogens (tertiary/aromatic N) is 4. The lowest BCUT2D eigenvalue weighted by Gasteiger charge is -2.26. The van der Waals surface area contributed by atoms with Crippen molar-refractivity contribution in [3.05, 3.63) is 22.8 Å². The molecule has 1 aromatic heterocycles. The Labute approximate surface area is 161 Å². The zero-order chi connectivity index (χ0) is 20.4. The topological polar surface area (TPSA) is 79.6 Å². The van der Waals surface area contributed by atoms with Crippen LogP contribution in [0.1, 0.15) is 56.6 Å². The minimum absolute atomic E-state index is 0.157. The molecule has 7 heteroatoms. The van der Waals surface area contributed by atoms with Crippen molar-refractivity contribution in [3.8, 4) is 0 Å². The van der Waals surface area contributed by atoms with Gasteiger partial charge in [-0.3, -0.25) is 14.5 Å². The zero-order valence-corrected chi connectivity index (χ0v) is 17.5. The number of amides is 2. The first kappa shape index (κ1) is 21.0. The quantitative estimate of drug-likeness (QED) is 0.822. The van der Waals surface area contributed by atoms with Gasteiger partial charge < -0.3 is 9.88 Å². The van der Waals surface area contributed by atoms with Crippen LogP contribution >= 0.6 is 0 Å². The van der Waals surface area contributed by atoms with E-state index in [9.17, 15) is 9.59 Å². The monoisotopic (exact) mass is 373 g/mol. The minimum atomic E-state index is -0.496. The van der Waals surface area contributed by atoms with E-state index in [2.05, 4.69) is 24.8 Å². The number of nitrogens with one attached hydrogen (secondary N) is 1. The molecule has 0 fully saturated rings. The number of aliphatic imine (C=N–C) groups is 1. The number of allylic oxidation sites excluding steroid dienone is 1.